The first-order valence-electron chi connectivity index (χ1n) is 4.47. The highest BCUT2D eigenvalue weighted by Gasteiger charge is 2.39. The Morgan fingerprint density at radius 2 is 1.53 bits per heavy atom. The number of hydrogen-bond donors (Lipinski definition) is 1. The minimum Gasteiger partial charge on any atom is -0.341 e. The van der Waals surface area contributed by atoms with Crippen molar-refractivity contribution in [2.45, 2.75) is 19.3 Å². The summed E-state index contributed by atoms with van der Waals surface area (Å²) in [5, 5.41) is 0. The van der Waals surface area contributed by atoms with Crippen molar-refractivity contribution in [2.24, 2.45) is 0 Å². The Hall–Kier alpha value is -2.07. The number of hydrogen-bond acceptors (Lipinski definition) is 5. The van der Waals surface area contributed by atoms with E-state index in [1.807, 2.05) is 0 Å². The Balaban J connectivity index is 3.21. The summed E-state index contributed by atoms with van der Waals surface area (Å²) in [4.78, 5) is 19.9. The SMILES string of the molecule is CC(=O)ONc1nc(C(F)(F)F)cc(C(F)(F)F)n1. The van der Waals surface area contributed by atoms with Gasteiger partial charge in [-0.25, -0.2) is 9.97 Å². The largest absolute Gasteiger partial charge is 0.433 e. The van der Waals surface area contributed by atoms with Gasteiger partial charge in [0.2, 0.25) is 0 Å². The van der Waals surface area contributed by atoms with Gasteiger partial charge in [0, 0.05) is 6.92 Å². The summed E-state index contributed by atoms with van der Waals surface area (Å²) in [7, 11) is 0. The van der Waals surface area contributed by atoms with Crippen molar-refractivity contribution >= 4 is 11.9 Å². The van der Waals surface area contributed by atoms with Crippen LogP contribution in [0.15, 0.2) is 6.07 Å². The van der Waals surface area contributed by atoms with E-state index in [0.29, 0.717) is 0 Å². The van der Waals surface area contributed by atoms with Gasteiger partial charge in [-0.15, -0.1) is 0 Å². The number of rotatable bonds is 2. The highest BCUT2D eigenvalue weighted by atomic mass is 19.4. The Bertz CT molecular complexity index is 452. The van der Waals surface area contributed by atoms with Crippen LogP contribution in [0.1, 0.15) is 18.3 Å². The number of nitrogens with zero attached hydrogens (tertiary/aromatic N) is 2. The summed E-state index contributed by atoms with van der Waals surface area (Å²) in [5.41, 5.74) is -2.13. The van der Waals surface area contributed by atoms with E-state index in [2.05, 4.69) is 14.8 Å². The predicted molar refractivity (Wildman–Crippen MR) is 47.4 cm³/mol. The molecule has 5 nitrogen and oxygen atoms in total. The van der Waals surface area contributed by atoms with Gasteiger partial charge in [-0.2, -0.15) is 31.8 Å². The molecule has 0 radical (unpaired) electrons. The third-order valence-electron chi connectivity index (χ3n) is 1.59. The van der Waals surface area contributed by atoms with E-state index in [9.17, 15) is 31.1 Å². The molecule has 1 N–H and O–H groups in total. The lowest BCUT2D eigenvalue weighted by Gasteiger charge is -2.12. The van der Waals surface area contributed by atoms with Crippen LogP contribution in [0.2, 0.25) is 0 Å². The van der Waals surface area contributed by atoms with Gasteiger partial charge in [-0.3, -0.25) is 4.79 Å². The van der Waals surface area contributed by atoms with Crippen LogP contribution in [0.5, 0.6) is 0 Å². The molecule has 19 heavy (non-hydrogen) atoms. The molecule has 0 aliphatic rings. The summed E-state index contributed by atoms with van der Waals surface area (Å²) < 4.78 is 74.1. The maximum Gasteiger partial charge on any atom is 0.433 e. The molecule has 11 heteroatoms. The molecule has 106 valence electrons. The van der Waals surface area contributed by atoms with E-state index in [0.717, 1.165) is 6.92 Å². The Kier molecular flexibility index (Phi) is 3.86. The number of aromatic nitrogens is 2. The van der Waals surface area contributed by atoms with Crippen LogP contribution >= 0.6 is 0 Å². The van der Waals surface area contributed by atoms with E-state index >= 15 is 0 Å². The first kappa shape index (κ1) is 15.0. The molecule has 1 aromatic heterocycles. The number of nitrogens with one attached hydrogen (secondary N) is 1. The summed E-state index contributed by atoms with van der Waals surface area (Å²) in [5.74, 6) is -2.12. The number of carbonyl (C=O) groups excluding carboxylic acids is 1. The second-order valence-electron chi connectivity index (χ2n) is 3.15. The van der Waals surface area contributed by atoms with Crippen molar-refractivity contribution in [1.29, 1.82) is 0 Å². The molecule has 0 spiro atoms. The molecule has 1 rings (SSSR count). The van der Waals surface area contributed by atoms with Crippen LogP contribution in [-0.2, 0) is 22.0 Å². The van der Waals surface area contributed by atoms with Crippen molar-refractivity contribution < 1.29 is 36.0 Å². The molecule has 0 saturated heterocycles. The minimum absolute atomic E-state index is 0.251. The lowest BCUT2D eigenvalue weighted by atomic mass is 10.3. The average Bonchev–Trinajstić information content (AvgIpc) is 2.23. The first-order chi connectivity index (χ1) is 8.50. The Labute approximate surface area is 101 Å². The van der Waals surface area contributed by atoms with Gasteiger partial charge in [-0.1, -0.05) is 0 Å². The fourth-order valence-electron chi connectivity index (χ4n) is 0.901. The van der Waals surface area contributed by atoms with Gasteiger partial charge in [-0.05, 0) is 6.07 Å². The van der Waals surface area contributed by atoms with Gasteiger partial charge < -0.3 is 4.84 Å². The summed E-state index contributed by atoms with van der Waals surface area (Å²) in [6.45, 7) is 0.880. The maximum atomic E-state index is 12.3. The van der Waals surface area contributed by atoms with E-state index < -0.39 is 35.7 Å². The monoisotopic (exact) mass is 289 g/mol. The zero-order valence-electron chi connectivity index (χ0n) is 9.06. The molecule has 0 bridgehead atoms. The lowest BCUT2D eigenvalue weighted by molar-refractivity contribution is -0.147. The van der Waals surface area contributed by atoms with Crippen LogP contribution in [-0.4, -0.2) is 15.9 Å². The molecule has 0 saturated carbocycles. The van der Waals surface area contributed by atoms with Crippen molar-refractivity contribution in [3.63, 3.8) is 0 Å². The molecule has 1 aromatic rings. The number of alkyl halides is 6. The molecule has 0 atom stereocenters. The molecule has 0 aliphatic carbocycles. The average molecular weight is 289 g/mol. The van der Waals surface area contributed by atoms with Crippen LogP contribution in [0, 0.1) is 0 Å². The van der Waals surface area contributed by atoms with Crippen LogP contribution < -0.4 is 5.48 Å². The summed E-state index contributed by atoms with van der Waals surface area (Å²) in [6, 6.07) is -0.251. The number of carbonyl (C=O) groups is 1. The number of anilines is 1. The summed E-state index contributed by atoms with van der Waals surface area (Å²) >= 11 is 0. The molecule has 0 aromatic carbocycles. The highest BCUT2D eigenvalue weighted by Crippen LogP contribution is 2.33. The van der Waals surface area contributed by atoms with Gasteiger partial charge >= 0.3 is 18.3 Å². The second kappa shape index (κ2) is 4.90. The van der Waals surface area contributed by atoms with Gasteiger partial charge in [0.15, 0.2) is 11.4 Å². The smallest absolute Gasteiger partial charge is 0.341 e. The third-order valence-corrected chi connectivity index (χ3v) is 1.59. The second-order valence-corrected chi connectivity index (χ2v) is 3.15. The third kappa shape index (κ3) is 4.26. The van der Waals surface area contributed by atoms with Crippen molar-refractivity contribution in [2.75, 3.05) is 5.48 Å². The van der Waals surface area contributed by atoms with Crippen LogP contribution in [0.3, 0.4) is 0 Å². The molecule has 0 fully saturated rings. The van der Waals surface area contributed by atoms with Crippen molar-refractivity contribution in [1.82, 2.24) is 9.97 Å². The van der Waals surface area contributed by atoms with E-state index in [-0.39, 0.29) is 6.07 Å². The molecule has 1 heterocycles. The zero-order chi connectivity index (χ0) is 14.8. The van der Waals surface area contributed by atoms with E-state index in [1.165, 1.54) is 5.48 Å². The van der Waals surface area contributed by atoms with Crippen LogP contribution in [0.4, 0.5) is 32.3 Å². The topological polar surface area (TPSA) is 64.1 Å². The van der Waals surface area contributed by atoms with Crippen molar-refractivity contribution in [3.8, 4) is 0 Å². The standard InChI is InChI=1S/C8H5F6N3O2/c1-3(18)19-17-6-15-4(7(9,10)11)2-5(16-6)8(12,13)14/h2H,1H3,(H,15,16,17). The van der Waals surface area contributed by atoms with E-state index in [1.54, 1.807) is 0 Å². The minimum atomic E-state index is -5.10. The summed E-state index contributed by atoms with van der Waals surface area (Å²) in [6.07, 6.45) is -10.2. The lowest BCUT2D eigenvalue weighted by Crippen LogP contribution is -2.18. The fourth-order valence-corrected chi connectivity index (χ4v) is 0.901. The number of halogens is 6. The quantitative estimate of drug-likeness (QED) is 0.669. The predicted octanol–water partition coefficient (Wildman–Crippen LogP) is 2.40. The van der Waals surface area contributed by atoms with E-state index in [4.69, 9.17) is 0 Å². The van der Waals surface area contributed by atoms with Gasteiger partial charge in [0.1, 0.15) is 0 Å². The molecule has 0 aliphatic heterocycles. The fraction of sp³-hybridized carbons (Fsp3) is 0.375. The molecule has 0 unspecified atom stereocenters. The van der Waals surface area contributed by atoms with Crippen molar-refractivity contribution in [3.05, 3.63) is 17.5 Å². The van der Waals surface area contributed by atoms with Crippen LogP contribution in [0.25, 0.3) is 0 Å². The van der Waals surface area contributed by atoms with Gasteiger partial charge in [0.05, 0.1) is 0 Å². The molecular formula is C8H5F6N3O2. The molecular weight excluding hydrogens is 284 g/mol. The van der Waals surface area contributed by atoms with Gasteiger partial charge in [0.25, 0.3) is 5.95 Å². The normalized spacial score (nSPS) is 12.2. The molecule has 0 amide bonds. The Morgan fingerprint density at radius 1 is 1.11 bits per heavy atom. The Morgan fingerprint density at radius 3 is 1.84 bits per heavy atom. The highest BCUT2D eigenvalue weighted by molar-refractivity contribution is 5.66. The first-order valence-corrected chi connectivity index (χ1v) is 4.47. The maximum absolute atomic E-state index is 12.3. The zero-order valence-corrected chi connectivity index (χ0v) is 9.06.